The Hall–Kier alpha value is -1.26. The van der Waals surface area contributed by atoms with E-state index in [1.54, 1.807) is 12.1 Å². The van der Waals surface area contributed by atoms with Crippen LogP contribution in [0.3, 0.4) is 0 Å². The molecule has 0 aromatic heterocycles. The maximum absolute atomic E-state index is 10.6. The molecule has 2 atom stereocenters. The van der Waals surface area contributed by atoms with Gasteiger partial charge in [0, 0.05) is 12.6 Å². The second kappa shape index (κ2) is 9.44. The molecule has 2 aromatic rings. The number of nitrogens with zero attached hydrogens (tertiary/aromatic N) is 1. The summed E-state index contributed by atoms with van der Waals surface area (Å²) in [5.41, 5.74) is 8.14. The van der Waals surface area contributed by atoms with E-state index in [0.29, 0.717) is 33.9 Å². The summed E-state index contributed by atoms with van der Waals surface area (Å²) in [7, 11) is 0. The first-order chi connectivity index (χ1) is 11.9. The highest BCUT2D eigenvalue weighted by molar-refractivity contribution is 6.38. The van der Waals surface area contributed by atoms with Crippen LogP contribution < -0.4 is 5.73 Å². The normalized spacial score (nSPS) is 13.8. The molecule has 0 fully saturated rings. The van der Waals surface area contributed by atoms with E-state index in [0.717, 1.165) is 19.4 Å². The first-order valence-electron chi connectivity index (χ1n) is 8.62. The Bertz CT molecular complexity index is 656. The Balaban J connectivity index is 1.98. The van der Waals surface area contributed by atoms with Crippen molar-refractivity contribution in [1.29, 1.82) is 0 Å². The molecule has 5 heteroatoms. The lowest BCUT2D eigenvalue weighted by molar-refractivity contribution is 0.0922. The minimum Gasteiger partial charge on any atom is -0.396 e. The minimum atomic E-state index is -0.658. The maximum Gasteiger partial charge on any atom is 0.0918 e. The summed E-state index contributed by atoms with van der Waals surface area (Å²) in [5.74, 6) is 0. The van der Waals surface area contributed by atoms with Gasteiger partial charge >= 0.3 is 0 Å². The number of benzene rings is 2. The van der Waals surface area contributed by atoms with Gasteiger partial charge in [0.05, 0.1) is 21.8 Å². The Morgan fingerprint density at radius 2 is 1.72 bits per heavy atom. The Morgan fingerprint density at radius 3 is 2.28 bits per heavy atom. The quantitative estimate of drug-likeness (QED) is 0.636. The highest BCUT2D eigenvalue weighted by Crippen LogP contribution is 2.31. The Morgan fingerprint density at radius 1 is 1.12 bits per heavy atom. The molecule has 0 amide bonds. The van der Waals surface area contributed by atoms with Crippen LogP contribution >= 0.6 is 23.2 Å². The predicted molar refractivity (Wildman–Crippen MR) is 107 cm³/mol. The topological polar surface area (TPSA) is 49.5 Å². The fourth-order valence-corrected chi connectivity index (χ4v) is 3.45. The van der Waals surface area contributed by atoms with E-state index in [4.69, 9.17) is 28.9 Å². The lowest BCUT2D eigenvalue weighted by atomic mass is 10.0. The highest BCUT2D eigenvalue weighted by Gasteiger charge is 2.19. The van der Waals surface area contributed by atoms with Crippen LogP contribution in [0.5, 0.6) is 0 Å². The van der Waals surface area contributed by atoms with Crippen LogP contribution in [0.1, 0.15) is 37.5 Å². The molecule has 0 saturated carbocycles. The van der Waals surface area contributed by atoms with E-state index in [2.05, 4.69) is 43.0 Å². The molecule has 2 rings (SSSR count). The number of aliphatic hydroxyl groups excluding tert-OH is 1. The second-order valence-electron chi connectivity index (χ2n) is 6.37. The van der Waals surface area contributed by atoms with Gasteiger partial charge in [-0.3, -0.25) is 4.90 Å². The monoisotopic (exact) mass is 380 g/mol. The summed E-state index contributed by atoms with van der Waals surface area (Å²) in [6.07, 6.45) is 1.40. The zero-order valence-electron chi connectivity index (χ0n) is 14.8. The molecule has 0 heterocycles. The number of anilines is 1. The molecule has 136 valence electrons. The van der Waals surface area contributed by atoms with Crippen molar-refractivity contribution in [3.8, 4) is 0 Å². The van der Waals surface area contributed by atoms with Crippen LogP contribution in [0, 0.1) is 0 Å². The molecule has 25 heavy (non-hydrogen) atoms. The van der Waals surface area contributed by atoms with E-state index >= 15 is 0 Å². The molecule has 0 saturated heterocycles. The van der Waals surface area contributed by atoms with Gasteiger partial charge in [-0.15, -0.1) is 0 Å². The van der Waals surface area contributed by atoms with E-state index in [1.807, 2.05) is 6.07 Å². The summed E-state index contributed by atoms with van der Waals surface area (Å²) in [5, 5.41) is 11.3. The first kappa shape index (κ1) is 20.1. The van der Waals surface area contributed by atoms with Gasteiger partial charge in [0.1, 0.15) is 0 Å². The van der Waals surface area contributed by atoms with Crippen molar-refractivity contribution >= 4 is 28.9 Å². The summed E-state index contributed by atoms with van der Waals surface area (Å²) in [6, 6.07) is 14.2. The van der Waals surface area contributed by atoms with Gasteiger partial charge in [0.25, 0.3) is 0 Å². The molecule has 0 aliphatic heterocycles. The van der Waals surface area contributed by atoms with Crippen LogP contribution in [0.2, 0.25) is 10.0 Å². The predicted octanol–water partition coefficient (Wildman–Crippen LogP) is 4.95. The molecule has 0 bridgehead atoms. The molecule has 0 radical (unpaired) electrons. The van der Waals surface area contributed by atoms with E-state index in [9.17, 15) is 5.11 Å². The number of rotatable bonds is 8. The third-order valence-corrected chi connectivity index (χ3v) is 5.24. The van der Waals surface area contributed by atoms with E-state index in [1.165, 1.54) is 5.56 Å². The van der Waals surface area contributed by atoms with Crippen molar-refractivity contribution in [2.75, 3.05) is 18.8 Å². The van der Waals surface area contributed by atoms with Crippen molar-refractivity contribution in [2.45, 2.75) is 38.8 Å². The number of likely N-dealkylation sites (N-methyl/N-ethyl adjacent to an activating group) is 1. The van der Waals surface area contributed by atoms with Crippen molar-refractivity contribution in [2.24, 2.45) is 0 Å². The molecule has 2 aromatic carbocycles. The van der Waals surface area contributed by atoms with Crippen molar-refractivity contribution < 1.29 is 5.11 Å². The van der Waals surface area contributed by atoms with Crippen molar-refractivity contribution in [3.63, 3.8) is 0 Å². The molecule has 0 spiro atoms. The largest absolute Gasteiger partial charge is 0.396 e. The van der Waals surface area contributed by atoms with Gasteiger partial charge in [-0.1, -0.05) is 60.5 Å². The van der Waals surface area contributed by atoms with Crippen LogP contribution in [0.4, 0.5) is 5.69 Å². The first-order valence-corrected chi connectivity index (χ1v) is 9.38. The van der Waals surface area contributed by atoms with Crippen LogP contribution in [-0.2, 0) is 6.42 Å². The number of hydrogen-bond donors (Lipinski definition) is 2. The molecular weight excluding hydrogens is 355 g/mol. The molecule has 3 nitrogen and oxygen atoms in total. The van der Waals surface area contributed by atoms with Crippen molar-refractivity contribution in [3.05, 3.63) is 63.6 Å². The zero-order valence-corrected chi connectivity index (χ0v) is 16.3. The number of aliphatic hydroxyl groups is 1. The van der Waals surface area contributed by atoms with Gasteiger partial charge in [-0.05, 0) is 49.6 Å². The lowest BCUT2D eigenvalue weighted by Gasteiger charge is -2.30. The number of hydrogen-bond acceptors (Lipinski definition) is 3. The Labute approximate surface area is 160 Å². The van der Waals surface area contributed by atoms with Gasteiger partial charge in [0.2, 0.25) is 0 Å². The number of halogens is 2. The SMILES string of the molecule is CCN(CC(O)c1cc(Cl)c(N)c(Cl)c1)C(C)CCc1ccccc1. The summed E-state index contributed by atoms with van der Waals surface area (Å²) in [4.78, 5) is 2.27. The minimum absolute atomic E-state index is 0.350. The molecule has 0 aliphatic carbocycles. The molecular formula is C20H26Cl2N2O. The standard InChI is InChI=1S/C20H26Cl2N2O/c1-3-24(14(2)9-10-15-7-5-4-6-8-15)13-19(25)16-11-17(21)20(23)18(22)12-16/h4-8,11-12,14,19,25H,3,9-10,13,23H2,1-2H3. The van der Waals surface area contributed by atoms with Gasteiger partial charge in [-0.25, -0.2) is 0 Å². The Kier molecular flexibility index (Phi) is 7.57. The fourth-order valence-electron chi connectivity index (χ4n) is 2.95. The van der Waals surface area contributed by atoms with Crippen LogP contribution in [0.15, 0.2) is 42.5 Å². The smallest absolute Gasteiger partial charge is 0.0918 e. The summed E-state index contributed by atoms with van der Waals surface area (Å²) in [6.45, 7) is 5.70. The molecule has 2 unspecified atom stereocenters. The lowest BCUT2D eigenvalue weighted by Crippen LogP contribution is -2.36. The molecule has 0 aliphatic rings. The number of nitrogen functional groups attached to an aromatic ring is 1. The highest BCUT2D eigenvalue weighted by atomic mass is 35.5. The maximum atomic E-state index is 10.6. The fraction of sp³-hybridized carbons (Fsp3) is 0.400. The van der Waals surface area contributed by atoms with Gasteiger partial charge < -0.3 is 10.8 Å². The van der Waals surface area contributed by atoms with Gasteiger partial charge in [0.15, 0.2) is 0 Å². The van der Waals surface area contributed by atoms with Gasteiger partial charge in [-0.2, -0.15) is 0 Å². The van der Waals surface area contributed by atoms with Crippen LogP contribution in [-0.4, -0.2) is 29.1 Å². The molecule has 3 N–H and O–H groups in total. The third-order valence-electron chi connectivity index (χ3n) is 4.62. The van der Waals surface area contributed by atoms with Crippen molar-refractivity contribution in [1.82, 2.24) is 4.90 Å². The summed E-state index contributed by atoms with van der Waals surface area (Å²) >= 11 is 12.2. The van der Waals surface area contributed by atoms with E-state index in [-0.39, 0.29) is 0 Å². The average Bonchev–Trinajstić information content (AvgIpc) is 2.62. The number of aryl methyl sites for hydroxylation is 1. The van der Waals surface area contributed by atoms with Crippen LogP contribution in [0.25, 0.3) is 0 Å². The third kappa shape index (κ3) is 5.61. The number of nitrogens with two attached hydrogens (primary N) is 1. The summed E-state index contributed by atoms with van der Waals surface area (Å²) < 4.78 is 0. The average molecular weight is 381 g/mol. The second-order valence-corrected chi connectivity index (χ2v) is 7.19. The van der Waals surface area contributed by atoms with E-state index < -0.39 is 6.10 Å². The zero-order chi connectivity index (χ0) is 18.4.